The Bertz CT molecular complexity index is 340. The fourth-order valence-electron chi connectivity index (χ4n) is 2.28. The predicted octanol–water partition coefficient (Wildman–Crippen LogP) is 1.88. The molecule has 0 bridgehead atoms. The van der Waals surface area contributed by atoms with Crippen LogP contribution in [0.1, 0.15) is 36.5 Å². The standard InChI is InChI=1S/C13H20N2O2/c1-2-6-15-7-3-12(4-8-15)14-13(16)11-5-9-17-10-11/h5,9-10,12H,2-4,6-8H2,1H3,(H,14,16). The molecule has 17 heavy (non-hydrogen) atoms. The minimum atomic E-state index is -0.0207. The Balaban J connectivity index is 1.76. The van der Waals surface area contributed by atoms with Crippen molar-refractivity contribution in [3.63, 3.8) is 0 Å². The summed E-state index contributed by atoms with van der Waals surface area (Å²) in [5.41, 5.74) is 0.612. The zero-order valence-corrected chi connectivity index (χ0v) is 10.3. The summed E-state index contributed by atoms with van der Waals surface area (Å²) in [7, 11) is 0. The van der Waals surface area contributed by atoms with Crippen LogP contribution in [0.4, 0.5) is 0 Å². The summed E-state index contributed by atoms with van der Waals surface area (Å²) in [5.74, 6) is -0.0207. The quantitative estimate of drug-likeness (QED) is 0.868. The lowest BCUT2D eigenvalue weighted by atomic mass is 10.0. The van der Waals surface area contributed by atoms with Gasteiger partial charge in [0.2, 0.25) is 0 Å². The second kappa shape index (κ2) is 5.87. The Labute approximate surface area is 102 Å². The molecule has 1 fully saturated rings. The van der Waals surface area contributed by atoms with Gasteiger partial charge in [0, 0.05) is 19.1 Å². The number of hydrogen-bond acceptors (Lipinski definition) is 3. The van der Waals surface area contributed by atoms with Crippen LogP contribution < -0.4 is 5.32 Å². The van der Waals surface area contributed by atoms with Gasteiger partial charge in [-0.1, -0.05) is 6.92 Å². The van der Waals surface area contributed by atoms with Crippen LogP contribution in [0.3, 0.4) is 0 Å². The van der Waals surface area contributed by atoms with Gasteiger partial charge < -0.3 is 14.6 Å². The first-order valence-electron chi connectivity index (χ1n) is 6.35. The highest BCUT2D eigenvalue weighted by atomic mass is 16.3. The molecule has 0 atom stereocenters. The fourth-order valence-corrected chi connectivity index (χ4v) is 2.28. The fraction of sp³-hybridized carbons (Fsp3) is 0.615. The molecule has 2 rings (SSSR count). The van der Waals surface area contributed by atoms with Gasteiger partial charge in [-0.2, -0.15) is 0 Å². The molecule has 2 heterocycles. The van der Waals surface area contributed by atoms with Gasteiger partial charge in [-0.15, -0.1) is 0 Å². The molecular weight excluding hydrogens is 216 g/mol. The van der Waals surface area contributed by atoms with Gasteiger partial charge in [0.1, 0.15) is 6.26 Å². The molecular formula is C13H20N2O2. The summed E-state index contributed by atoms with van der Waals surface area (Å²) in [6.07, 6.45) is 6.31. The lowest BCUT2D eigenvalue weighted by Crippen LogP contribution is -2.44. The molecule has 0 saturated carbocycles. The highest BCUT2D eigenvalue weighted by molar-refractivity contribution is 5.93. The highest BCUT2D eigenvalue weighted by Crippen LogP contribution is 2.11. The lowest BCUT2D eigenvalue weighted by molar-refractivity contribution is 0.0910. The van der Waals surface area contributed by atoms with Gasteiger partial charge >= 0.3 is 0 Å². The molecule has 1 aromatic rings. The topological polar surface area (TPSA) is 45.5 Å². The van der Waals surface area contributed by atoms with Crippen molar-refractivity contribution in [1.82, 2.24) is 10.2 Å². The van der Waals surface area contributed by atoms with E-state index in [2.05, 4.69) is 17.1 Å². The summed E-state index contributed by atoms with van der Waals surface area (Å²) in [5, 5.41) is 3.06. The van der Waals surface area contributed by atoms with Crippen molar-refractivity contribution in [2.45, 2.75) is 32.2 Å². The first kappa shape index (κ1) is 12.2. The SMILES string of the molecule is CCCN1CCC(NC(=O)c2ccoc2)CC1. The van der Waals surface area contributed by atoms with Gasteiger partial charge in [0.15, 0.2) is 0 Å². The summed E-state index contributed by atoms with van der Waals surface area (Å²) >= 11 is 0. The zero-order valence-electron chi connectivity index (χ0n) is 10.3. The van der Waals surface area contributed by atoms with Gasteiger partial charge in [0.25, 0.3) is 5.91 Å². The maximum atomic E-state index is 11.8. The van der Waals surface area contributed by atoms with Crippen molar-refractivity contribution < 1.29 is 9.21 Å². The number of likely N-dealkylation sites (tertiary alicyclic amines) is 1. The number of rotatable bonds is 4. The van der Waals surface area contributed by atoms with Crippen molar-refractivity contribution in [2.75, 3.05) is 19.6 Å². The van der Waals surface area contributed by atoms with E-state index in [1.807, 2.05) is 0 Å². The summed E-state index contributed by atoms with van der Waals surface area (Å²) in [4.78, 5) is 14.3. The average Bonchev–Trinajstić information content (AvgIpc) is 2.86. The molecule has 1 N–H and O–H groups in total. The predicted molar refractivity (Wildman–Crippen MR) is 65.9 cm³/mol. The lowest BCUT2D eigenvalue weighted by Gasteiger charge is -2.31. The Morgan fingerprint density at radius 1 is 1.53 bits per heavy atom. The van der Waals surface area contributed by atoms with E-state index in [-0.39, 0.29) is 5.91 Å². The Morgan fingerprint density at radius 3 is 2.88 bits per heavy atom. The number of nitrogens with zero attached hydrogens (tertiary/aromatic N) is 1. The van der Waals surface area contributed by atoms with Crippen LogP contribution in [0.25, 0.3) is 0 Å². The smallest absolute Gasteiger partial charge is 0.254 e. The van der Waals surface area contributed by atoms with Gasteiger partial charge in [-0.25, -0.2) is 0 Å². The summed E-state index contributed by atoms with van der Waals surface area (Å²) in [6, 6.07) is 2.01. The third-order valence-electron chi connectivity index (χ3n) is 3.25. The Kier molecular flexibility index (Phi) is 4.20. The van der Waals surface area contributed by atoms with E-state index < -0.39 is 0 Å². The average molecular weight is 236 g/mol. The van der Waals surface area contributed by atoms with Crippen LogP contribution in [-0.2, 0) is 0 Å². The highest BCUT2D eigenvalue weighted by Gasteiger charge is 2.20. The van der Waals surface area contributed by atoms with Crippen molar-refractivity contribution in [2.24, 2.45) is 0 Å². The maximum Gasteiger partial charge on any atom is 0.254 e. The van der Waals surface area contributed by atoms with E-state index in [1.54, 1.807) is 6.07 Å². The molecule has 1 aromatic heterocycles. The molecule has 1 amide bonds. The van der Waals surface area contributed by atoms with E-state index in [0.29, 0.717) is 11.6 Å². The van der Waals surface area contributed by atoms with Crippen LogP contribution in [0, 0.1) is 0 Å². The number of carbonyl (C=O) groups is 1. The molecule has 1 saturated heterocycles. The number of furan rings is 1. The van der Waals surface area contributed by atoms with Crippen molar-refractivity contribution in [3.05, 3.63) is 24.2 Å². The number of carbonyl (C=O) groups excluding carboxylic acids is 1. The summed E-state index contributed by atoms with van der Waals surface area (Å²) in [6.45, 7) is 5.55. The van der Waals surface area contributed by atoms with Crippen molar-refractivity contribution in [3.8, 4) is 0 Å². The minimum Gasteiger partial charge on any atom is -0.472 e. The summed E-state index contributed by atoms with van der Waals surface area (Å²) < 4.78 is 4.90. The van der Waals surface area contributed by atoms with E-state index in [1.165, 1.54) is 25.5 Å². The third-order valence-corrected chi connectivity index (χ3v) is 3.25. The third kappa shape index (κ3) is 3.33. The second-order valence-electron chi connectivity index (χ2n) is 4.60. The molecule has 0 aliphatic carbocycles. The number of hydrogen-bond donors (Lipinski definition) is 1. The normalized spacial score (nSPS) is 18.2. The number of amides is 1. The molecule has 0 radical (unpaired) electrons. The minimum absolute atomic E-state index is 0.0207. The first-order valence-corrected chi connectivity index (χ1v) is 6.35. The molecule has 1 aliphatic rings. The molecule has 0 unspecified atom stereocenters. The maximum absolute atomic E-state index is 11.8. The molecule has 1 aliphatic heterocycles. The zero-order chi connectivity index (χ0) is 12.1. The van der Waals surface area contributed by atoms with Crippen LogP contribution >= 0.6 is 0 Å². The van der Waals surface area contributed by atoms with Crippen LogP contribution in [0.15, 0.2) is 23.0 Å². The second-order valence-corrected chi connectivity index (χ2v) is 4.60. The van der Waals surface area contributed by atoms with Crippen LogP contribution in [0.5, 0.6) is 0 Å². The molecule has 94 valence electrons. The van der Waals surface area contributed by atoms with E-state index >= 15 is 0 Å². The molecule has 4 heteroatoms. The van der Waals surface area contributed by atoms with Crippen LogP contribution in [-0.4, -0.2) is 36.5 Å². The van der Waals surface area contributed by atoms with Gasteiger partial charge in [-0.3, -0.25) is 4.79 Å². The Hall–Kier alpha value is -1.29. The Morgan fingerprint density at radius 2 is 2.29 bits per heavy atom. The molecule has 4 nitrogen and oxygen atoms in total. The first-order chi connectivity index (χ1) is 8.29. The monoisotopic (exact) mass is 236 g/mol. The van der Waals surface area contributed by atoms with E-state index in [0.717, 1.165) is 25.9 Å². The molecule has 0 spiro atoms. The van der Waals surface area contributed by atoms with Crippen LogP contribution in [0.2, 0.25) is 0 Å². The van der Waals surface area contributed by atoms with E-state index in [4.69, 9.17) is 4.42 Å². The molecule has 0 aromatic carbocycles. The van der Waals surface area contributed by atoms with Crippen molar-refractivity contribution >= 4 is 5.91 Å². The van der Waals surface area contributed by atoms with Gasteiger partial charge in [0.05, 0.1) is 11.8 Å². The number of nitrogens with one attached hydrogen (secondary N) is 1. The number of piperidine rings is 1. The van der Waals surface area contributed by atoms with E-state index in [9.17, 15) is 4.79 Å². The van der Waals surface area contributed by atoms with Gasteiger partial charge in [-0.05, 0) is 31.9 Å². The largest absolute Gasteiger partial charge is 0.472 e. The van der Waals surface area contributed by atoms with Crippen molar-refractivity contribution in [1.29, 1.82) is 0 Å².